The van der Waals surface area contributed by atoms with E-state index in [1.165, 1.54) is 16.7 Å². The van der Waals surface area contributed by atoms with E-state index in [0.29, 0.717) is 0 Å². The van der Waals surface area contributed by atoms with Crippen molar-refractivity contribution >= 4 is 0 Å². The van der Waals surface area contributed by atoms with E-state index in [1.807, 2.05) is 12.1 Å². The van der Waals surface area contributed by atoms with Crippen LogP contribution < -0.4 is 0 Å². The molecule has 2 aromatic rings. The van der Waals surface area contributed by atoms with Crippen LogP contribution in [0.25, 0.3) is 0 Å². The number of hydrogen-bond acceptors (Lipinski definition) is 0. The molecule has 0 aliphatic carbocycles. The molecule has 0 unspecified atom stereocenters. The Morgan fingerprint density at radius 2 is 1.27 bits per heavy atom. The molecule has 0 heteroatoms. The van der Waals surface area contributed by atoms with Crippen LogP contribution in [0.4, 0.5) is 0 Å². The van der Waals surface area contributed by atoms with Gasteiger partial charge in [-0.2, -0.15) is 0 Å². The highest BCUT2D eigenvalue weighted by atomic mass is 14.0. The highest BCUT2D eigenvalue weighted by Gasteiger charge is 1.95. The third kappa shape index (κ3) is 2.69. The molecule has 0 aromatic heterocycles. The SMILES string of the molecule is [CH]c1ccc(Cc2ccc(C)cc2)cc1. The first-order valence-corrected chi connectivity index (χ1v) is 5.14. The summed E-state index contributed by atoms with van der Waals surface area (Å²) in [4.78, 5) is 0. The molecule has 0 aliphatic rings. The number of hydrogen-bond donors (Lipinski definition) is 0. The lowest BCUT2D eigenvalue weighted by Crippen LogP contribution is -1.88. The average molecular weight is 194 g/mol. The summed E-state index contributed by atoms with van der Waals surface area (Å²) >= 11 is 0. The highest BCUT2D eigenvalue weighted by Crippen LogP contribution is 2.11. The number of rotatable bonds is 2. The van der Waals surface area contributed by atoms with Gasteiger partial charge in [0, 0.05) is 0 Å². The van der Waals surface area contributed by atoms with Gasteiger partial charge in [0.05, 0.1) is 0 Å². The smallest absolute Gasteiger partial charge is 0.00120 e. The predicted molar refractivity (Wildman–Crippen MR) is 63.8 cm³/mol. The molecule has 0 spiro atoms. The molecule has 0 fully saturated rings. The Labute approximate surface area is 91.6 Å². The van der Waals surface area contributed by atoms with Crippen LogP contribution in [-0.2, 0) is 6.42 Å². The third-order valence-corrected chi connectivity index (χ3v) is 2.51. The van der Waals surface area contributed by atoms with Crippen LogP contribution in [-0.4, -0.2) is 0 Å². The van der Waals surface area contributed by atoms with Crippen LogP contribution in [0.3, 0.4) is 0 Å². The fourth-order valence-electron chi connectivity index (χ4n) is 1.58. The van der Waals surface area contributed by atoms with Crippen molar-refractivity contribution in [3.8, 4) is 0 Å². The van der Waals surface area contributed by atoms with Gasteiger partial charge in [-0.1, -0.05) is 54.1 Å². The van der Waals surface area contributed by atoms with Crippen molar-refractivity contribution in [2.24, 2.45) is 0 Å². The molecular formula is C15H14. The zero-order valence-electron chi connectivity index (χ0n) is 8.90. The Bertz CT molecular complexity index is 377. The maximum absolute atomic E-state index is 5.64. The van der Waals surface area contributed by atoms with Gasteiger partial charge in [0.15, 0.2) is 0 Å². The zero-order chi connectivity index (χ0) is 10.7. The van der Waals surface area contributed by atoms with Crippen molar-refractivity contribution in [1.82, 2.24) is 0 Å². The first kappa shape index (κ1) is 9.97. The van der Waals surface area contributed by atoms with Crippen LogP contribution in [0.5, 0.6) is 0 Å². The Morgan fingerprint density at radius 1 is 0.800 bits per heavy atom. The van der Waals surface area contributed by atoms with Gasteiger partial charge in [-0.25, -0.2) is 0 Å². The fourth-order valence-corrected chi connectivity index (χ4v) is 1.58. The second kappa shape index (κ2) is 4.31. The standard InChI is InChI=1S/C15H14/c1-12-3-7-14(8-4-12)11-15-9-5-13(2)6-10-15/h1,3-10H,11H2,2H3. The summed E-state index contributed by atoms with van der Waals surface area (Å²) in [7, 11) is 0. The van der Waals surface area contributed by atoms with Crippen molar-refractivity contribution in [3.05, 3.63) is 77.7 Å². The van der Waals surface area contributed by atoms with Gasteiger partial charge in [0.25, 0.3) is 0 Å². The largest absolute Gasteiger partial charge is 0.0590 e. The molecule has 0 N–H and O–H groups in total. The van der Waals surface area contributed by atoms with E-state index < -0.39 is 0 Å². The van der Waals surface area contributed by atoms with E-state index in [2.05, 4.69) is 43.3 Å². The first-order chi connectivity index (χ1) is 7.24. The van der Waals surface area contributed by atoms with Gasteiger partial charge < -0.3 is 0 Å². The minimum absolute atomic E-state index is 0.822. The fraction of sp³-hybridized carbons (Fsp3) is 0.133. The summed E-state index contributed by atoms with van der Waals surface area (Å²) in [5, 5.41) is 0. The molecule has 2 rings (SSSR count). The number of aryl methyl sites for hydroxylation is 1. The van der Waals surface area contributed by atoms with E-state index in [1.54, 1.807) is 0 Å². The van der Waals surface area contributed by atoms with Crippen LogP contribution in [0.15, 0.2) is 48.5 Å². The molecular weight excluding hydrogens is 180 g/mol. The van der Waals surface area contributed by atoms with Crippen LogP contribution in [0, 0.1) is 13.8 Å². The summed E-state index contributed by atoms with van der Waals surface area (Å²) in [6.07, 6.45) is 0.973. The number of benzene rings is 2. The molecule has 0 amide bonds. The molecule has 74 valence electrons. The van der Waals surface area contributed by atoms with Gasteiger partial charge in [-0.15, -0.1) is 0 Å². The molecule has 0 heterocycles. The monoisotopic (exact) mass is 194 g/mol. The summed E-state index contributed by atoms with van der Waals surface area (Å²) in [6.45, 7) is 7.74. The van der Waals surface area contributed by atoms with Crippen molar-refractivity contribution in [2.75, 3.05) is 0 Å². The summed E-state index contributed by atoms with van der Waals surface area (Å²) in [5.74, 6) is 0. The molecule has 2 aromatic carbocycles. The van der Waals surface area contributed by atoms with E-state index >= 15 is 0 Å². The lowest BCUT2D eigenvalue weighted by atomic mass is 10.0. The second-order valence-electron chi connectivity index (χ2n) is 3.90. The summed E-state index contributed by atoms with van der Waals surface area (Å²) < 4.78 is 0. The van der Waals surface area contributed by atoms with Crippen molar-refractivity contribution in [3.63, 3.8) is 0 Å². The van der Waals surface area contributed by atoms with Crippen LogP contribution >= 0.6 is 0 Å². The molecule has 0 saturated carbocycles. The molecule has 0 bridgehead atoms. The summed E-state index contributed by atoms with van der Waals surface area (Å²) in [6, 6.07) is 16.7. The van der Waals surface area contributed by atoms with E-state index in [9.17, 15) is 0 Å². The van der Waals surface area contributed by atoms with Crippen molar-refractivity contribution in [1.29, 1.82) is 0 Å². The Kier molecular flexibility index (Phi) is 2.86. The predicted octanol–water partition coefficient (Wildman–Crippen LogP) is 3.65. The van der Waals surface area contributed by atoms with E-state index in [4.69, 9.17) is 6.92 Å². The quantitative estimate of drug-likeness (QED) is 0.684. The molecule has 2 radical (unpaired) electrons. The van der Waals surface area contributed by atoms with Gasteiger partial charge in [0.2, 0.25) is 0 Å². The molecule has 0 aliphatic heterocycles. The topological polar surface area (TPSA) is 0 Å². The molecule has 15 heavy (non-hydrogen) atoms. The average Bonchev–Trinajstić information content (AvgIpc) is 2.25. The highest BCUT2D eigenvalue weighted by molar-refractivity contribution is 5.30. The minimum Gasteiger partial charge on any atom is -0.0590 e. The maximum atomic E-state index is 5.64. The van der Waals surface area contributed by atoms with E-state index in [0.717, 1.165) is 12.0 Å². The summed E-state index contributed by atoms with van der Waals surface area (Å²) in [5.41, 5.74) is 4.76. The third-order valence-electron chi connectivity index (χ3n) is 2.51. The molecule has 0 saturated heterocycles. The molecule has 0 atom stereocenters. The van der Waals surface area contributed by atoms with Gasteiger partial charge in [-0.3, -0.25) is 0 Å². The zero-order valence-corrected chi connectivity index (χ0v) is 8.90. The Morgan fingerprint density at radius 3 is 1.80 bits per heavy atom. The van der Waals surface area contributed by atoms with Gasteiger partial charge in [-0.05, 0) is 37.0 Å². The van der Waals surface area contributed by atoms with Gasteiger partial charge in [0.1, 0.15) is 0 Å². The lowest BCUT2D eigenvalue weighted by molar-refractivity contribution is 1.18. The Balaban J connectivity index is 2.15. The maximum Gasteiger partial charge on any atom is -0.00120 e. The minimum atomic E-state index is 0.822. The molecule has 0 nitrogen and oxygen atoms in total. The first-order valence-electron chi connectivity index (χ1n) is 5.14. The van der Waals surface area contributed by atoms with Crippen LogP contribution in [0.1, 0.15) is 22.3 Å². The van der Waals surface area contributed by atoms with Crippen molar-refractivity contribution < 1.29 is 0 Å². The van der Waals surface area contributed by atoms with Crippen molar-refractivity contribution in [2.45, 2.75) is 13.3 Å². The van der Waals surface area contributed by atoms with Crippen LogP contribution in [0.2, 0.25) is 0 Å². The van der Waals surface area contributed by atoms with Gasteiger partial charge >= 0.3 is 0 Å². The Hall–Kier alpha value is -1.56. The normalized spacial score (nSPS) is 10.3. The van der Waals surface area contributed by atoms with E-state index in [-0.39, 0.29) is 0 Å². The second-order valence-corrected chi connectivity index (χ2v) is 3.90. The lowest BCUT2D eigenvalue weighted by Gasteiger charge is -2.02.